The van der Waals surface area contributed by atoms with E-state index in [4.69, 9.17) is 5.73 Å². The molecule has 20 heavy (non-hydrogen) atoms. The molecule has 112 valence electrons. The van der Waals surface area contributed by atoms with E-state index in [2.05, 4.69) is 28.5 Å². The van der Waals surface area contributed by atoms with E-state index in [1.807, 2.05) is 0 Å². The average Bonchev–Trinajstić information content (AvgIpc) is 2.83. The molecule has 1 amide bonds. The molecule has 3 N–H and O–H groups in total. The molecule has 0 unspecified atom stereocenters. The molecule has 0 saturated heterocycles. The Morgan fingerprint density at radius 1 is 1.40 bits per heavy atom. The van der Waals surface area contributed by atoms with Crippen molar-refractivity contribution in [1.82, 2.24) is 9.36 Å². The summed E-state index contributed by atoms with van der Waals surface area (Å²) in [6.07, 6.45) is 4.92. The quantitative estimate of drug-likeness (QED) is 0.845. The number of primary amides is 1. The monoisotopic (exact) mass is 296 g/mol. The molecule has 1 aliphatic carbocycles. The third-order valence-corrected chi connectivity index (χ3v) is 4.56. The molecule has 0 bridgehead atoms. The molecular formula is C14H24N4OS. The largest absolute Gasteiger partial charge is 0.369 e. The lowest BCUT2D eigenvalue weighted by Crippen LogP contribution is -2.29. The molecule has 1 aromatic heterocycles. The van der Waals surface area contributed by atoms with Gasteiger partial charge in [0, 0.05) is 30.4 Å². The highest BCUT2D eigenvalue weighted by molar-refractivity contribution is 7.09. The van der Waals surface area contributed by atoms with Crippen LogP contribution in [0.25, 0.3) is 0 Å². The van der Waals surface area contributed by atoms with Crippen molar-refractivity contribution in [2.45, 2.75) is 46.0 Å². The zero-order valence-electron chi connectivity index (χ0n) is 12.3. The van der Waals surface area contributed by atoms with E-state index in [1.165, 1.54) is 11.5 Å². The second kappa shape index (κ2) is 7.02. The number of hydrogen-bond acceptors (Lipinski definition) is 5. The summed E-state index contributed by atoms with van der Waals surface area (Å²) in [7, 11) is 0. The van der Waals surface area contributed by atoms with Crippen molar-refractivity contribution in [3.8, 4) is 0 Å². The Morgan fingerprint density at radius 2 is 2.10 bits per heavy atom. The van der Waals surface area contributed by atoms with Gasteiger partial charge >= 0.3 is 0 Å². The molecule has 2 rings (SSSR count). The van der Waals surface area contributed by atoms with Crippen molar-refractivity contribution in [3.05, 3.63) is 5.82 Å². The number of nitrogens with one attached hydrogen (secondary N) is 1. The van der Waals surface area contributed by atoms with Crippen LogP contribution in [0.2, 0.25) is 0 Å². The number of carbonyl (C=O) groups excluding carboxylic acids is 1. The molecule has 0 atom stereocenters. The molecule has 0 aromatic carbocycles. The fourth-order valence-electron chi connectivity index (χ4n) is 2.66. The minimum Gasteiger partial charge on any atom is -0.369 e. The lowest BCUT2D eigenvalue weighted by Gasteiger charge is -2.26. The Morgan fingerprint density at radius 3 is 2.70 bits per heavy atom. The number of carbonyl (C=O) groups is 1. The Labute approximate surface area is 124 Å². The first-order chi connectivity index (χ1) is 9.54. The number of nitrogens with two attached hydrogens (primary N) is 1. The number of amides is 1. The SMILES string of the molecule is CC(C)Cc1nsc(NCC2CCC(C(N)=O)CC2)n1. The number of aromatic nitrogens is 2. The van der Waals surface area contributed by atoms with Crippen molar-refractivity contribution in [2.24, 2.45) is 23.5 Å². The number of rotatable bonds is 6. The normalized spacial score (nSPS) is 22.9. The van der Waals surface area contributed by atoms with Gasteiger partial charge in [-0.25, -0.2) is 4.98 Å². The molecular weight excluding hydrogens is 272 g/mol. The second-order valence-corrected chi connectivity index (χ2v) is 6.87. The van der Waals surface area contributed by atoms with Gasteiger partial charge in [-0.3, -0.25) is 4.79 Å². The first-order valence-corrected chi connectivity index (χ1v) is 8.17. The Balaban J connectivity index is 1.73. The van der Waals surface area contributed by atoms with Crippen LogP contribution in [-0.2, 0) is 11.2 Å². The highest BCUT2D eigenvalue weighted by Crippen LogP contribution is 2.29. The predicted molar refractivity (Wildman–Crippen MR) is 81.6 cm³/mol. The van der Waals surface area contributed by atoms with Crippen molar-refractivity contribution in [1.29, 1.82) is 0 Å². The highest BCUT2D eigenvalue weighted by atomic mass is 32.1. The summed E-state index contributed by atoms with van der Waals surface area (Å²) in [5.74, 6) is 2.08. The van der Waals surface area contributed by atoms with Gasteiger partial charge < -0.3 is 11.1 Å². The third-order valence-electron chi connectivity index (χ3n) is 3.85. The summed E-state index contributed by atoms with van der Waals surface area (Å²) in [5.41, 5.74) is 5.35. The van der Waals surface area contributed by atoms with Gasteiger partial charge in [-0.1, -0.05) is 13.8 Å². The summed E-state index contributed by atoms with van der Waals surface area (Å²) in [6, 6.07) is 0. The Kier molecular flexibility index (Phi) is 5.34. The summed E-state index contributed by atoms with van der Waals surface area (Å²) in [6.45, 7) is 5.26. The van der Waals surface area contributed by atoms with Gasteiger partial charge in [0.15, 0.2) is 0 Å². The van der Waals surface area contributed by atoms with Crippen LogP contribution in [0.3, 0.4) is 0 Å². The molecule has 5 nitrogen and oxygen atoms in total. The lowest BCUT2D eigenvalue weighted by molar-refractivity contribution is -0.122. The summed E-state index contributed by atoms with van der Waals surface area (Å²) in [4.78, 5) is 15.6. The Hall–Kier alpha value is -1.17. The molecule has 1 aliphatic rings. The molecule has 6 heteroatoms. The summed E-state index contributed by atoms with van der Waals surface area (Å²) >= 11 is 1.44. The number of anilines is 1. The lowest BCUT2D eigenvalue weighted by atomic mass is 9.82. The predicted octanol–water partition coefficient (Wildman–Crippen LogP) is 2.44. The van der Waals surface area contributed by atoms with Crippen molar-refractivity contribution < 1.29 is 4.79 Å². The average molecular weight is 296 g/mol. The Bertz CT molecular complexity index is 438. The van der Waals surface area contributed by atoms with Crippen molar-refractivity contribution in [2.75, 3.05) is 11.9 Å². The zero-order valence-corrected chi connectivity index (χ0v) is 13.1. The third kappa shape index (κ3) is 4.44. The molecule has 1 fully saturated rings. The maximum Gasteiger partial charge on any atom is 0.220 e. The first-order valence-electron chi connectivity index (χ1n) is 7.40. The van der Waals surface area contributed by atoms with Crippen LogP contribution in [0.15, 0.2) is 0 Å². The zero-order chi connectivity index (χ0) is 14.5. The summed E-state index contributed by atoms with van der Waals surface area (Å²) < 4.78 is 4.36. The maximum atomic E-state index is 11.1. The minimum atomic E-state index is -0.140. The molecule has 1 heterocycles. The van der Waals surface area contributed by atoms with E-state index in [-0.39, 0.29) is 11.8 Å². The van der Waals surface area contributed by atoms with E-state index in [1.54, 1.807) is 0 Å². The van der Waals surface area contributed by atoms with Crippen LogP contribution in [0.1, 0.15) is 45.4 Å². The smallest absolute Gasteiger partial charge is 0.220 e. The van der Waals surface area contributed by atoms with Gasteiger partial charge in [0.2, 0.25) is 11.0 Å². The van der Waals surface area contributed by atoms with Gasteiger partial charge in [-0.05, 0) is 37.5 Å². The maximum absolute atomic E-state index is 11.1. The molecule has 1 saturated carbocycles. The first kappa shape index (κ1) is 15.2. The van der Waals surface area contributed by atoms with Crippen LogP contribution in [0, 0.1) is 17.8 Å². The topological polar surface area (TPSA) is 80.9 Å². The van der Waals surface area contributed by atoms with Crippen LogP contribution in [0.4, 0.5) is 5.13 Å². The van der Waals surface area contributed by atoms with E-state index in [0.717, 1.165) is 49.6 Å². The van der Waals surface area contributed by atoms with E-state index in [9.17, 15) is 4.79 Å². The fourth-order valence-corrected chi connectivity index (χ4v) is 3.26. The van der Waals surface area contributed by atoms with Gasteiger partial charge in [0.05, 0.1) is 0 Å². The van der Waals surface area contributed by atoms with Gasteiger partial charge in [-0.2, -0.15) is 4.37 Å². The van der Waals surface area contributed by atoms with Crippen molar-refractivity contribution >= 4 is 22.6 Å². The number of nitrogens with zero attached hydrogens (tertiary/aromatic N) is 2. The summed E-state index contributed by atoms with van der Waals surface area (Å²) in [5, 5.41) is 4.30. The molecule has 0 spiro atoms. The van der Waals surface area contributed by atoms with Gasteiger partial charge in [-0.15, -0.1) is 0 Å². The van der Waals surface area contributed by atoms with Crippen LogP contribution < -0.4 is 11.1 Å². The van der Waals surface area contributed by atoms with Crippen LogP contribution in [0.5, 0.6) is 0 Å². The molecule has 1 aromatic rings. The van der Waals surface area contributed by atoms with Crippen molar-refractivity contribution in [3.63, 3.8) is 0 Å². The highest BCUT2D eigenvalue weighted by Gasteiger charge is 2.24. The van der Waals surface area contributed by atoms with Crippen LogP contribution in [-0.4, -0.2) is 21.8 Å². The fraction of sp³-hybridized carbons (Fsp3) is 0.786. The number of hydrogen-bond donors (Lipinski definition) is 2. The van der Waals surface area contributed by atoms with Gasteiger partial charge in [0.25, 0.3) is 0 Å². The molecule has 0 radical (unpaired) electrons. The van der Waals surface area contributed by atoms with E-state index >= 15 is 0 Å². The molecule has 0 aliphatic heterocycles. The van der Waals surface area contributed by atoms with Crippen LogP contribution >= 0.6 is 11.5 Å². The van der Waals surface area contributed by atoms with E-state index in [0.29, 0.717) is 11.8 Å². The standard InChI is InChI=1S/C14H24N4OS/c1-9(2)7-12-17-14(20-18-12)16-8-10-3-5-11(6-4-10)13(15)19/h9-11H,3-8H2,1-2H3,(H2,15,19)(H,16,17,18). The second-order valence-electron chi connectivity index (χ2n) is 6.11. The van der Waals surface area contributed by atoms with Gasteiger partial charge in [0.1, 0.15) is 5.82 Å². The minimum absolute atomic E-state index is 0.0884. The van der Waals surface area contributed by atoms with E-state index < -0.39 is 0 Å².